The summed E-state index contributed by atoms with van der Waals surface area (Å²) in [6.45, 7) is 97.7. The second kappa shape index (κ2) is 58.7. The molecular weight excluding hydrogens is 1480 g/mol. The molecule has 23 heteroatoms. The number of aryl methyl sites for hydroxylation is 1. The van der Waals surface area contributed by atoms with Gasteiger partial charge in [0.05, 0.1) is 136 Å². The Morgan fingerprint density at radius 3 is 1.12 bits per heavy atom. The lowest BCUT2D eigenvalue weighted by Gasteiger charge is -2.38. The van der Waals surface area contributed by atoms with E-state index in [9.17, 15) is 10.2 Å². The van der Waals surface area contributed by atoms with Crippen LogP contribution in [0.25, 0.3) is 0 Å². The first-order valence-electron chi connectivity index (χ1n) is 45.1. The Labute approximate surface area is 720 Å². The van der Waals surface area contributed by atoms with E-state index in [1.54, 1.807) is 24.9 Å². The van der Waals surface area contributed by atoms with Crippen LogP contribution in [0.5, 0.6) is 0 Å². The van der Waals surface area contributed by atoms with Crippen LogP contribution in [-0.4, -0.2) is 326 Å². The van der Waals surface area contributed by atoms with E-state index in [0.29, 0.717) is 31.8 Å². The lowest BCUT2D eigenvalue weighted by atomic mass is 9.83. The molecule has 0 bridgehead atoms. The van der Waals surface area contributed by atoms with Crippen LogP contribution in [0.15, 0.2) is 36.9 Å². The average Bonchev–Trinajstić information content (AvgIpc) is 1.31. The van der Waals surface area contributed by atoms with Gasteiger partial charge in [-0.3, -0.25) is 19.4 Å². The summed E-state index contributed by atoms with van der Waals surface area (Å²) < 4.78 is 57.4. The quantitative estimate of drug-likeness (QED) is 0.0682. The molecule has 0 unspecified atom stereocenters. The maximum Gasteiger partial charge on any atom is 0.137 e. The number of rotatable bonds is 25. The van der Waals surface area contributed by atoms with Gasteiger partial charge in [0.2, 0.25) is 0 Å². The number of piperidine rings is 3. The summed E-state index contributed by atoms with van der Waals surface area (Å²) in [5.41, 5.74) is 1.64. The highest BCUT2D eigenvalue weighted by molar-refractivity contribution is 5.20. The number of β-amino-alcohol motifs (C(OH)–C–C–N with tert-alkyl or cyclic N) is 1. The molecule has 117 heavy (non-hydrogen) atoms. The molecule has 2 aromatic rings. The van der Waals surface area contributed by atoms with Gasteiger partial charge in [0.15, 0.2) is 0 Å². The second-order valence-corrected chi connectivity index (χ2v) is 42.6. The van der Waals surface area contributed by atoms with Crippen molar-refractivity contribution in [3.05, 3.63) is 48.0 Å². The van der Waals surface area contributed by atoms with Crippen LogP contribution in [0.4, 0.5) is 0 Å². The highest BCUT2D eigenvalue weighted by Crippen LogP contribution is 2.28. The number of aliphatic hydroxyl groups is 2. The zero-order chi connectivity index (χ0) is 89.3. The summed E-state index contributed by atoms with van der Waals surface area (Å²) in [4.78, 5) is 18.4. The van der Waals surface area contributed by atoms with Crippen molar-refractivity contribution >= 4 is 0 Å². The predicted octanol–water partition coefficient (Wildman–Crippen LogP) is 15.4. The molecule has 7 heterocycles. The summed E-state index contributed by atoms with van der Waals surface area (Å²) in [7, 11) is 2.17. The first kappa shape index (κ1) is 115. The Hall–Kier alpha value is -2.44. The zero-order valence-electron chi connectivity index (χ0n) is 82.4. The van der Waals surface area contributed by atoms with Crippen molar-refractivity contribution in [2.45, 2.75) is 354 Å². The van der Waals surface area contributed by atoms with Crippen molar-refractivity contribution in [2.24, 2.45) is 5.92 Å². The van der Waals surface area contributed by atoms with Gasteiger partial charge in [0.25, 0.3) is 0 Å². The number of aromatic nitrogens is 3. The van der Waals surface area contributed by atoms with E-state index in [1.807, 2.05) is 34.6 Å². The van der Waals surface area contributed by atoms with Gasteiger partial charge in [0.1, 0.15) is 12.7 Å². The van der Waals surface area contributed by atoms with Crippen LogP contribution in [0.1, 0.15) is 277 Å². The van der Waals surface area contributed by atoms with Gasteiger partial charge in [-0.05, 0) is 311 Å². The molecular formula is C94H191N11O12. The molecule has 694 valence electrons. The number of benzene rings is 1. The molecule has 6 aliphatic heterocycles. The first-order valence-corrected chi connectivity index (χ1v) is 45.1. The van der Waals surface area contributed by atoms with E-state index in [2.05, 4.69) is 255 Å². The van der Waals surface area contributed by atoms with E-state index in [4.69, 9.17) is 47.4 Å². The summed E-state index contributed by atoms with van der Waals surface area (Å²) in [6.07, 6.45) is 13.5. The van der Waals surface area contributed by atoms with Crippen molar-refractivity contribution in [1.29, 1.82) is 0 Å². The van der Waals surface area contributed by atoms with Gasteiger partial charge in [-0.25, -0.2) is 4.98 Å². The maximum absolute atomic E-state index is 9.97. The number of nitrogens with one attached hydrogen (secondary N) is 2. The lowest BCUT2D eigenvalue weighted by molar-refractivity contribution is -0.0800. The summed E-state index contributed by atoms with van der Waals surface area (Å²) in [5.74, 6) is 0.447. The minimum absolute atomic E-state index is 0.00497. The van der Waals surface area contributed by atoms with Crippen LogP contribution >= 0.6 is 0 Å². The van der Waals surface area contributed by atoms with Crippen LogP contribution < -0.4 is 10.6 Å². The highest BCUT2D eigenvalue weighted by Gasteiger charge is 2.31. The molecule has 6 saturated heterocycles. The van der Waals surface area contributed by atoms with Gasteiger partial charge >= 0.3 is 0 Å². The second-order valence-electron chi connectivity index (χ2n) is 42.6. The van der Waals surface area contributed by atoms with E-state index in [-0.39, 0.29) is 50.3 Å². The number of likely N-dealkylation sites (tertiary alicyclic amines) is 3. The average molecular weight is 1670 g/mol. The lowest BCUT2D eigenvalue weighted by Crippen LogP contribution is -2.44. The van der Waals surface area contributed by atoms with Crippen molar-refractivity contribution in [3.8, 4) is 0 Å². The smallest absolute Gasteiger partial charge is 0.137 e. The van der Waals surface area contributed by atoms with Crippen molar-refractivity contribution in [3.63, 3.8) is 0 Å². The minimum Gasteiger partial charge on any atom is -0.390 e. The molecule has 0 aliphatic carbocycles. The SMILES string of the molecule is CC(C)(C)NCCN1CCOCC1.CC(C)(C)OCCCN1CCOCC1.CC(C)(C)OCCN1CCC(C(C)(C)O)CC1.CC(C)(C)OCCN1CCCCC1.CC(C)(C)OCCN1CCOCC1.CC(C)(C)OCCn1cncn1.CC(C)(O)CNC(C)(C)C.CN1CCC(OC(C)(C)C)CC1.Cc1ccc(COC(C)(C)C)cc1. The molecule has 0 atom stereocenters. The first-order chi connectivity index (χ1) is 53.7. The van der Waals surface area contributed by atoms with Crippen LogP contribution in [-0.2, 0) is 60.5 Å². The van der Waals surface area contributed by atoms with Gasteiger partial charge in [-0.2, -0.15) is 5.10 Å². The van der Waals surface area contributed by atoms with E-state index >= 15 is 0 Å². The van der Waals surface area contributed by atoms with Crippen molar-refractivity contribution < 1.29 is 57.6 Å². The molecule has 0 amide bonds. The topological polar surface area (TPSA) is 207 Å². The molecule has 1 aromatic carbocycles. The molecule has 6 aliphatic rings. The number of hydrogen-bond donors (Lipinski definition) is 4. The van der Waals surface area contributed by atoms with Gasteiger partial charge in [-0.15, -0.1) is 0 Å². The number of hydrogen-bond acceptors (Lipinski definition) is 22. The standard InChI is InChI=1S/C14H29NO2.C12H18O.C11H23NO2.C11H23NO.C10H22N2O.C10H21NO2.C10H21NO.C8H15N3O.C8H19NO/c1-13(2,3)17-11-10-15-8-6-12(7-9-15)14(4,5)16;1-10-5-7-11(8-6-10)9-13-12(2,3)4;1-11(2,3)14-8-4-5-12-6-9-13-10-7-12;1-11(2,3)13-10-9-12-7-5-4-6-8-12;1-10(2,3)11-4-5-12-6-8-13-9-7-12;1-10(2,3)13-9-6-11-4-7-12-8-5-11;1-10(2,3)12-9-5-7-11(4)8-6-9;1-8(2,3)12-5-4-11-7-9-6-10-11;1-7(2,3)9-6-8(4,5)10/h12,16H,6-11H2,1-5H3;5-8H,9H2,1-4H3;4-10H2,1-3H3;4-10H2,1-3H3;11H,4-9H2,1-3H3;4-9H2,1-3H3;9H,5-8H2,1-4H3;6-7H,4-5H2,1-3H3;9-10H,6H2,1-5H3. The maximum atomic E-state index is 9.97. The third kappa shape index (κ3) is 79.2. The Balaban J connectivity index is 0.00000130. The monoisotopic (exact) mass is 1670 g/mol. The zero-order valence-corrected chi connectivity index (χ0v) is 82.4. The Morgan fingerprint density at radius 1 is 0.402 bits per heavy atom. The molecule has 4 N–H and O–H groups in total. The molecule has 0 spiro atoms. The van der Waals surface area contributed by atoms with E-state index in [1.165, 1.54) is 75.7 Å². The summed E-state index contributed by atoms with van der Waals surface area (Å²) >= 11 is 0. The van der Waals surface area contributed by atoms with Crippen molar-refractivity contribution in [2.75, 3.05) is 204 Å². The molecule has 1 aromatic heterocycles. The molecule has 0 radical (unpaired) electrons. The van der Waals surface area contributed by atoms with Crippen LogP contribution in [0, 0.1) is 12.8 Å². The minimum atomic E-state index is -0.604. The molecule has 6 fully saturated rings. The van der Waals surface area contributed by atoms with Gasteiger partial charge in [-0.1, -0.05) is 36.2 Å². The Bertz CT molecular complexity index is 2500. The van der Waals surface area contributed by atoms with E-state index in [0.717, 1.165) is 184 Å². The van der Waals surface area contributed by atoms with Crippen LogP contribution in [0.3, 0.4) is 0 Å². The van der Waals surface area contributed by atoms with Gasteiger partial charge < -0.3 is 82.9 Å². The number of nitrogens with zero attached hydrogens (tertiary/aromatic N) is 9. The fourth-order valence-corrected chi connectivity index (χ4v) is 12.1. The third-order valence-electron chi connectivity index (χ3n) is 18.8. The largest absolute Gasteiger partial charge is 0.390 e. The fourth-order valence-electron chi connectivity index (χ4n) is 12.1. The van der Waals surface area contributed by atoms with Gasteiger partial charge in [0, 0.05) is 116 Å². The summed E-state index contributed by atoms with van der Waals surface area (Å²) in [5, 5.41) is 29.9. The molecule has 23 nitrogen and oxygen atoms in total. The number of morpholine rings is 3. The van der Waals surface area contributed by atoms with E-state index < -0.39 is 11.2 Å². The molecule has 8 rings (SSSR count). The fraction of sp³-hybridized carbons (Fsp3) is 0.915. The predicted molar refractivity (Wildman–Crippen MR) is 490 cm³/mol. The highest BCUT2D eigenvalue weighted by atomic mass is 16.5. The normalized spacial score (nSPS) is 18.3. The Morgan fingerprint density at radius 2 is 0.769 bits per heavy atom. The number of ether oxygens (including phenoxy) is 10. The third-order valence-corrected chi connectivity index (χ3v) is 18.8. The summed E-state index contributed by atoms with van der Waals surface area (Å²) in [6, 6.07) is 8.45. The Kier molecular flexibility index (Phi) is 57.5. The molecule has 0 saturated carbocycles. The van der Waals surface area contributed by atoms with Crippen molar-refractivity contribution in [1.82, 2.24) is 54.8 Å². The van der Waals surface area contributed by atoms with Crippen LogP contribution in [0.2, 0.25) is 0 Å².